The van der Waals surface area contributed by atoms with Gasteiger partial charge in [0.1, 0.15) is 11.8 Å². The summed E-state index contributed by atoms with van der Waals surface area (Å²) < 4.78 is 0.868. The van der Waals surface area contributed by atoms with Crippen LogP contribution in [0.4, 0.5) is 0 Å². The highest BCUT2D eigenvalue weighted by Gasteiger charge is 2.05. The van der Waals surface area contributed by atoms with Crippen molar-refractivity contribution in [2.24, 2.45) is 0 Å². The van der Waals surface area contributed by atoms with E-state index in [1.807, 2.05) is 12.1 Å². The summed E-state index contributed by atoms with van der Waals surface area (Å²) in [5, 5.41) is 15.4. The van der Waals surface area contributed by atoms with Crippen LogP contribution in [0.5, 0.6) is 0 Å². The van der Waals surface area contributed by atoms with Gasteiger partial charge < -0.3 is 0 Å². The van der Waals surface area contributed by atoms with Crippen LogP contribution in [-0.2, 0) is 0 Å². The fraction of sp³-hybridized carbons (Fsp3) is 0. The zero-order valence-electron chi connectivity index (χ0n) is 7.03. The molecule has 0 fully saturated rings. The number of hydrogen-bond acceptors (Lipinski definition) is 3. The van der Waals surface area contributed by atoms with E-state index in [9.17, 15) is 0 Å². The molecule has 0 amide bonds. The zero-order valence-corrected chi connectivity index (χ0v) is 8.62. The molecule has 14 heavy (non-hydrogen) atoms. The van der Waals surface area contributed by atoms with Gasteiger partial charge in [0.15, 0.2) is 0 Å². The second-order valence-corrected chi connectivity index (χ2v) is 3.49. The molecule has 0 saturated carbocycles. The number of nitrogens with zero attached hydrogens (tertiary/aromatic N) is 3. The lowest BCUT2D eigenvalue weighted by Crippen LogP contribution is -1.84. The van der Waals surface area contributed by atoms with Crippen LogP contribution >= 0.6 is 15.9 Å². The molecule has 2 heterocycles. The minimum atomic E-state index is 0.393. The Balaban J connectivity index is 2.53. The summed E-state index contributed by atoms with van der Waals surface area (Å²) in [5.41, 5.74) is 2.13. The van der Waals surface area contributed by atoms with E-state index in [4.69, 9.17) is 5.26 Å². The fourth-order valence-corrected chi connectivity index (χ4v) is 1.54. The van der Waals surface area contributed by atoms with Gasteiger partial charge in [-0.05, 0) is 28.1 Å². The predicted molar refractivity (Wildman–Crippen MR) is 54.2 cm³/mol. The van der Waals surface area contributed by atoms with Gasteiger partial charge in [-0.3, -0.25) is 5.10 Å². The van der Waals surface area contributed by atoms with Crippen molar-refractivity contribution < 1.29 is 0 Å². The van der Waals surface area contributed by atoms with E-state index >= 15 is 0 Å². The lowest BCUT2D eigenvalue weighted by Gasteiger charge is -1.97. The second-order valence-electron chi connectivity index (χ2n) is 2.63. The highest BCUT2D eigenvalue weighted by atomic mass is 79.9. The SMILES string of the molecule is N#Cc1cc(-c2[nH]ncc2Br)ccn1. The van der Waals surface area contributed by atoms with E-state index in [1.165, 1.54) is 0 Å². The van der Waals surface area contributed by atoms with E-state index in [-0.39, 0.29) is 0 Å². The average molecular weight is 249 g/mol. The Hall–Kier alpha value is -1.67. The summed E-state index contributed by atoms with van der Waals surface area (Å²) in [6, 6.07) is 5.51. The van der Waals surface area contributed by atoms with Gasteiger partial charge in [0.25, 0.3) is 0 Å². The number of aromatic amines is 1. The molecule has 68 valence electrons. The molecule has 0 aliphatic carbocycles. The van der Waals surface area contributed by atoms with Gasteiger partial charge >= 0.3 is 0 Å². The summed E-state index contributed by atoms with van der Waals surface area (Å²) >= 11 is 3.35. The molecule has 4 nitrogen and oxygen atoms in total. The van der Waals surface area contributed by atoms with Crippen LogP contribution in [0.3, 0.4) is 0 Å². The maximum Gasteiger partial charge on any atom is 0.141 e. The van der Waals surface area contributed by atoms with Gasteiger partial charge in [0.2, 0.25) is 0 Å². The van der Waals surface area contributed by atoms with Crippen molar-refractivity contribution in [3.8, 4) is 17.3 Å². The smallest absolute Gasteiger partial charge is 0.141 e. The molecule has 0 saturated heterocycles. The van der Waals surface area contributed by atoms with Crippen LogP contribution in [-0.4, -0.2) is 15.2 Å². The normalized spacial score (nSPS) is 9.71. The predicted octanol–water partition coefficient (Wildman–Crippen LogP) is 2.11. The molecular formula is C9H5BrN4. The first-order valence-corrected chi connectivity index (χ1v) is 4.66. The topological polar surface area (TPSA) is 65.4 Å². The van der Waals surface area contributed by atoms with E-state index < -0.39 is 0 Å². The molecule has 0 spiro atoms. The first kappa shape index (κ1) is 8.91. The van der Waals surface area contributed by atoms with Crippen LogP contribution in [0.1, 0.15) is 5.69 Å². The van der Waals surface area contributed by atoms with Crippen molar-refractivity contribution in [2.45, 2.75) is 0 Å². The molecule has 2 rings (SSSR count). The molecular weight excluding hydrogens is 244 g/mol. The molecule has 0 bridgehead atoms. The summed E-state index contributed by atoms with van der Waals surface area (Å²) in [5.74, 6) is 0. The number of aromatic nitrogens is 3. The first-order valence-electron chi connectivity index (χ1n) is 3.86. The van der Waals surface area contributed by atoms with Crippen LogP contribution in [0.25, 0.3) is 11.3 Å². The molecule has 0 aromatic carbocycles. The van der Waals surface area contributed by atoms with Gasteiger partial charge in [-0.15, -0.1) is 0 Å². The van der Waals surface area contributed by atoms with Crippen LogP contribution in [0.2, 0.25) is 0 Å². The molecule has 1 N–H and O–H groups in total. The molecule has 0 aliphatic rings. The molecule has 0 aliphatic heterocycles. The third-order valence-electron chi connectivity index (χ3n) is 1.76. The van der Waals surface area contributed by atoms with Gasteiger partial charge in [0, 0.05) is 11.8 Å². The Morgan fingerprint density at radius 1 is 1.50 bits per heavy atom. The van der Waals surface area contributed by atoms with Crippen molar-refractivity contribution in [1.29, 1.82) is 5.26 Å². The number of nitrogens with one attached hydrogen (secondary N) is 1. The van der Waals surface area contributed by atoms with E-state index in [0.29, 0.717) is 5.69 Å². The van der Waals surface area contributed by atoms with Crippen molar-refractivity contribution >= 4 is 15.9 Å². The molecule has 0 unspecified atom stereocenters. The summed E-state index contributed by atoms with van der Waals surface area (Å²) in [6.45, 7) is 0. The summed E-state index contributed by atoms with van der Waals surface area (Å²) in [7, 11) is 0. The minimum absolute atomic E-state index is 0.393. The first-order chi connectivity index (χ1) is 6.81. The van der Waals surface area contributed by atoms with Gasteiger partial charge in [-0.25, -0.2) is 4.98 Å². The third-order valence-corrected chi connectivity index (χ3v) is 2.36. The lowest BCUT2D eigenvalue weighted by molar-refractivity contribution is 1.09. The number of halogens is 1. The van der Waals surface area contributed by atoms with Gasteiger partial charge in [0.05, 0.1) is 16.4 Å². The Morgan fingerprint density at radius 3 is 3.00 bits per heavy atom. The average Bonchev–Trinajstić information content (AvgIpc) is 2.65. The molecule has 5 heteroatoms. The lowest BCUT2D eigenvalue weighted by atomic mass is 10.2. The van der Waals surface area contributed by atoms with E-state index in [0.717, 1.165) is 15.7 Å². The largest absolute Gasteiger partial charge is 0.277 e. The van der Waals surface area contributed by atoms with Crippen molar-refractivity contribution in [1.82, 2.24) is 15.2 Å². The molecule has 0 atom stereocenters. The van der Waals surface area contributed by atoms with Crippen molar-refractivity contribution in [3.63, 3.8) is 0 Å². The Bertz CT molecular complexity index is 498. The standard InChI is InChI=1S/C9H5BrN4/c10-8-5-13-14-9(8)6-1-2-12-7(3-6)4-11/h1-3,5H,(H,13,14). The van der Waals surface area contributed by atoms with E-state index in [2.05, 4.69) is 31.1 Å². The maximum absolute atomic E-state index is 8.68. The highest BCUT2D eigenvalue weighted by Crippen LogP contribution is 2.25. The molecule has 2 aromatic heterocycles. The second kappa shape index (κ2) is 3.60. The van der Waals surface area contributed by atoms with Crippen LogP contribution in [0, 0.1) is 11.3 Å². The highest BCUT2D eigenvalue weighted by molar-refractivity contribution is 9.10. The number of hydrogen-bond donors (Lipinski definition) is 1. The van der Waals surface area contributed by atoms with E-state index in [1.54, 1.807) is 18.5 Å². The summed E-state index contributed by atoms with van der Waals surface area (Å²) in [4.78, 5) is 3.89. The van der Waals surface area contributed by atoms with Crippen LogP contribution < -0.4 is 0 Å². The van der Waals surface area contributed by atoms with Crippen LogP contribution in [0.15, 0.2) is 29.0 Å². The maximum atomic E-state index is 8.68. The van der Waals surface area contributed by atoms with Crippen molar-refractivity contribution in [3.05, 3.63) is 34.7 Å². The number of rotatable bonds is 1. The number of H-pyrrole nitrogens is 1. The molecule has 0 radical (unpaired) electrons. The fourth-order valence-electron chi connectivity index (χ4n) is 1.12. The van der Waals surface area contributed by atoms with Gasteiger partial charge in [-0.1, -0.05) is 0 Å². The quantitative estimate of drug-likeness (QED) is 0.841. The Labute approximate surface area is 88.7 Å². The molecule has 2 aromatic rings. The monoisotopic (exact) mass is 248 g/mol. The minimum Gasteiger partial charge on any atom is -0.277 e. The number of nitriles is 1. The van der Waals surface area contributed by atoms with Gasteiger partial charge in [-0.2, -0.15) is 10.4 Å². The Kier molecular flexibility index (Phi) is 2.29. The van der Waals surface area contributed by atoms with Crippen molar-refractivity contribution in [2.75, 3.05) is 0 Å². The third kappa shape index (κ3) is 1.52. The zero-order chi connectivity index (χ0) is 9.97. The Morgan fingerprint density at radius 2 is 2.36 bits per heavy atom. The summed E-state index contributed by atoms with van der Waals surface area (Å²) in [6.07, 6.45) is 3.27. The number of pyridine rings is 1.